The first kappa shape index (κ1) is 17.2. The summed E-state index contributed by atoms with van der Waals surface area (Å²) in [5.41, 5.74) is 0. The molecule has 2 aliphatic rings. The van der Waals surface area contributed by atoms with Gasteiger partial charge in [0.05, 0.1) is 6.61 Å². The number of amides is 1. The molecule has 0 aliphatic carbocycles. The molecule has 0 saturated carbocycles. The molecule has 0 bridgehead atoms. The van der Waals surface area contributed by atoms with Crippen LogP contribution in [0.3, 0.4) is 0 Å². The number of carbonyl (C=O) groups excluding carboxylic acids is 1. The molecular formula is C19H28N2O3. The van der Waals surface area contributed by atoms with Crippen LogP contribution in [-0.2, 0) is 9.53 Å². The SMILES string of the molecule is CN1CCC[C@H]1[C@H]1CCCN1C(=O)COCCOc1ccccc1. The van der Waals surface area contributed by atoms with Crippen molar-refractivity contribution < 1.29 is 14.3 Å². The number of likely N-dealkylation sites (tertiary alicyclic amines) is 2. The van der Waals surface area contributed by atoms with E-state index in [9.17, 15) is 4.79 Å². The van der Waals surface area contributed by atoms with Crippen LogP contribution in [0.2, 0.25) is 0 Å². The third-order valence-corrected chi connectivity index (χ3v) is 5.11. The Morgan fingerprint density at radius 2 is 1.83 bits per heavy atom. The molecule has 2 aliphatic heterocycles. The molecule has 0 spiro atoms. The van der Waals surface area contributed by atoms with Gasteiger partial charge in [-0.1, -0.05) is 18.2 Å². The van der Waals surface area contributed by atoms with Gasteiger partial charge >= 0.3 is 0 Å². The second kappa shape index (κ2) is 8.49. The highest BCUT2D eigenvalue weighted by atomic mass is 16.5. The summed E-state index contributed by atoms with van der Waals surface area (Å²) in [6.07, 6.45) is 4.68. The summed E-state index contributed by atoms with van der Waals surface area (Å²) in [5.74, 6) is 0.953. The van der Waals surface area contributed by atoms with Gasteiger partial charge in [0.1, 0.15) is 19.0 Å². The van der Waals surface area contributed by atoms with Crippen molar-refractivity contribution in [1.82, 2.24) is 9.80 Å². The van der Waals surface area contributed by atoms with Crippen LogP contribution in [-0.4, -0.2) is 67.7 Å². The zero-order chi connectivity index (χ0) is 16.8. The van der Waals surface area contributed by atoms with Crippen LogP contribution >= 0.6 is 0 Å². The summed E-state index contributed by atoms with van der Waals surface area (Å²) < 4.78 is 11.1. The monoisotopic (exact) mass is 332 g/mol. The first-order valence-corrected chi connectivity index (χ1v) is 9.01. The van der Waals surface area contributed by atoms with Gasteiger partial charge in [-0.25, -0.2) is 0 Å². The lowest BCUT2D eigenvalue weighted by Crippen LogP contribution is -2.48. The number of likely N-dealkylation sites (N-methyl/N-ethyl adjacent to an activating group) is 1. The van der Waals surface area contributed by atoms with Crippen molar-refractivity contribution in [3.8, 4) is 5.75 Å². The number of para-hydroxylation sites is 1. The molecule has 24 heavy (non-hydrogen) atoms. The van der Waals surface area contributed by atoms with Crippen molar-refractivity contribution >= 4 is 5.91 Å². The van der Waals surface area contributed by atoms with Gasteiger partial charge < -0.3 is 19.3 Å². The molecule has 0 N–H and O–H groups in total. The maximum absolute atomic E-state index is 12.5. The Kier molecular flexibility index (Phi) is 6.10. The summed E-state index contributed by atoms with van der Waals surface area (Å²) in [4.78, 5) is 16.9. The van der Waals surface area contributed by atoms with Crippen LogP contribution in [0.15, 0.2) is 30.3 Å². The van der Waals surface area contributed by atoms with Crippen molar-refractivity contribution in [1.29, 1.82) is 0 Å². The van der Waals surface area contributed by atoms with Crippen LogP contribution in [0.4, 0.5) is 0 Å². The Morgan fingerprint density at radius 1 is 1.08 bits per heavy atom. The fourth-order valence-electron chi connectivity index (χ4n) is 3.90. The lowest BCUT2D eigenvalue weighted by atomic mass is 10.0. The number of hydrogen-bond acceptors (Lipinski definition) is 4. The fraction of sp³-hybridized carbons (Fsp3) is 0.632. The van der Waals surface area contributed by atoms with Crippen LogP contribution in [0.1, 0.15) is 25.7 Å². The Bertz CT molecular complexity index is 523. The predicted octanol–water partition coefficient (Wildman–Crippen LogP) is 2.17. The molecule has 5 nitrogen and oxygen atoms in total. The average Bonchev–Trinajstić information content (AvgIpc) is 3.23. The van der Waals surface area contributed by atoms with E-state index in [2.05, 4.69) is 11.9 Å². The van der Waals surface area contributed by atoms with E-state index in [0.29, 0.717) is 25.3 Å². The summed E-state index contributed by atoms with van der Waals surface area (Å²) in [6, 6.07) is 10.6. The first-order chi connectivity index (χ1) is 11.8. The van der Waals surface area contributed by atoms with Gasteiger partial charge in [0.25, 0.3) is 0 Å². The number of carbonyl (C=O) groups is 1. The Hall–Kier alpha value is -1.59. The Labute approximate surface area is 144 Å². The van der Waals surface area contributed by atoms with E-state index in [1.807, 2.05) is 35.2 Å². The van der Waals surface area contributed by atoms with Crippen molar-refractivity contribution in [2.75, 3.05) is 40.0 Å². The van der Waals surface area contributed by atoms with Gasteiger partial charge in [-0.2, -0.15) is 0 Å². The number of hydrogen-bond donors (Lipinski definition) is 0. The molecule has 0 unspecified atom stereocenters. The van der Waals surface area contributed by atoms with E-state index in [0.717, 1.165) is 31.7 Å². The van der Waals surface area contributed by atoms with Crippen molar-refractivity contribution in [2.24, 2.45) is 0 Å². The zero-order valence-electron chi connectivity index (χ0n) is 14.5. The van der Waals surface area contributed by atoms with Gasteiger partial charge in [-0.15, -0.1) is 0 Å². The molecule has 2 heterocycles. The highest BCUT2D eigenvalue weighted by molar-refractivity contribution is 5.78. The van der Waals surface area contributed by atoms with E-state index < -0.39 is 0 Å². The molecule has 132 valence electrons. The highest BCUT2D eigenvalue weighted by Gasteiger charge is 2.38. The maximum Gasteiger partial charge on any atom is 0.248 e. The van der Waals surface area contributed by atoms with E-state index in [1.165, 1.54) is 12.8 Å². The summed E-state index contributed by atoms with van der Waals surface area (Å²) in [5, 5.41) is 0. The summed E-state index contributed by atoms with van der Waals surface area (Å²) in [6.45, 7) is 3.08. The highest BCUT2D eigenvalue weighted by Crippen LogP contribution is 2.29. The lowest BCUT2D eigenvalue weighted by Gasteiger charge is -2.33. The maximum atomic E-state index is 12.5. The third-order valence-electron chi connectivity index (χ3n) is 5.11. The predicted molar refractivity (Wildman–Crippen MR) is 93.1 cm³/mol. The minimum Gasteiger partial charge on any atom is -0.491 e. The van der Waals surface area contributed by atoms with E-state index in [1.54, 1.807) is 0 Å². The second-order valence-electron chi connectivity index (χ2n) is 6.70. The molecule has 3 rings (SSSR count). The van der Waals surface area contributed by atoms with Crippen molar-refractivity contribution in [3.63, 3.8) is 0 Å². The molecule has 2 atom stereocenters. The van der Waals surface area contributed by atoms with Crippen LogP contribution in [0.5, 0.6) is 5.75 Å². The van der Waals surface area contributed by atoms with Gasteiger partial charge in [0.15, 0.2) is 0 Å². The Balaban J connectivity index is 1.38. The third kappa shape index (κ3) is 4.28. The lowest BCUT2D eigenvalue weighted by molar-refractivity contribution is -0.138. The topological polar surface area (TPSA) is 42.0 Å². The van der Waals surface area contributed by atoms with Crippen molar-refractivity contribution in [3.05, 3.63) is 30.3 Å². The largest absolute Gasteiger partial charge is 0.491 e. The second-order valence-corrected chi connectivity index (χ2v) is 6.70. The first-order valence-electron chi connectivity index (χ1n) is 9.01. The molecular weight excluding hydrogens is 304 g/mol. The fourth-order valence-corrected chi connectivity index (χ4v) is 3.90. The number of benzene rings is 1. The molecule has 2 saturated heterocycles. The molecule has 1 aromatic carbocycles. The smallest absolute Gasteiger partial charge is 0.248 e. The van der Waals surface area contributed by atoms with E-state index in [4.69, 9.17) is 9.47 Å². The minimum atomic E-state index is 0.123. The summed E-state index contributed by atoms with van der Waals surface area (Å²) >= 11 is 0. The standard InChI is InChI=1S/C19H28N2O3/c1-20-11-5-9-17(20)18-10-6-12-21(18)19(22)15-23-13-14-24-16-7-3-2-4-8-16/h2-4,7-8,17-18H,5-6,9-15H2,1H3/t17-,18+/m0/s1. The molecule has 0 aromatic heterocycles. The molecule has 5 heteroatoms. The average molecular weight is 332 g/mol. The number of ether oxygens (including phenoxy) is 2. The quantitative estimate of drug-likeness (QED) is 0.718. The van der Waals surface area contributed by atoms with Gasteiger partial charge in [0.2, 0.25) is 5.91 Å². The molecule has 1 amide bonds. The zero-order valence-corrected chi connectivity index (χ0v) is 14.5. The van der Waals surface area contributed by atoms with Gasteiger partial charge in [0, 0.05) is 18.6 Å². The van der Waals surface area contributed by atoms with Crippen LogP contribution in [0.25, 0.3) is 0 Å². The van der Waals surface area contributed by atoms with E-state index in [-0.39, 0.29) is 12.5 Å². The normalized spacial score (nSPS) is 24.5. The van der Waals surface area contributed by atoms with Crippen LogP contribution in [0, 0.1) is 0 Å². The van der Waals surface area contributed by atoms with Crippen molar-refractivity contribution in [2.45, 2.75) is 37.8 Å². The molecule has 2 fully saturated rings. The van der Waals surface area contributed by atoms with Crippen LogP contribution < -0.4 is 4.74 Å². The Morgan fingerprint density at radius 3 is 2.58 bits per heavy atom. The number of rotatable bonds is 7. The van der Waals surface area contributed by atoms with E-state index >= 15 is 0 Å². The molecule has 0 radical (unpaired) electrons. The minimum absolute atomic E-state index is 0.123. The van der Waals surface area contributed by atoms with Gasteiger partial charge in [-0.3, -0.25) is 4.79 Å². The van der Waals surface area contributed by atoms with Gasteiger partial charge in [-0.05, 0) is 51.4 Å². The summed E-state index contributed by atoms with van der Waals surface area (Å²) in [7, 11) is 2.18. The number of nitrogens with zero attached hydrogens (tertiary/aromatic N) is 2. The molecule has 1 aromatic rings.